The minimum atomic E-state index is -0.247. The number of halogens is 1. The van der Waals surface area contributed by atoms with Gasteiger partial charge in [-0.25, -0.2) is 4.79 Å². The zero-order chi connectivity index (χ0) is 18.0. The average molecular weight is 407 g/mol. The maximum Gasteiger partial charge on any atom is 0.317 e. The van der Waals surface area contributed by atoms with E-state index in [0.29, 0.717) is 18.3 Å². The number of rotatable bonds is 2. The van der Waals surface area contributed by atoms with Crippen LogP contribution in [0.1, 0.15) is 45.4 Å². The molecule has 1 aliphatic heterocycles. The van der Waals surface area contributed by atoms with Crippen molar-refractivity contribution in [3.8, 4) is 11.4 Å². The van der Waals surface area contributed by atoms with Crippen molar-refractivity contribution in [2.75, 3.05) is 13.1 Å². The van der Waals surface area contributed by atoms with Gasteiger partial charge in [0.25, 0.3) is 0 Å². The van der Waals surface area contributed by atoms with Crippen LogP contribution in [0.2, 0.25) is 0 Å². The lowest BCUT2D eigenvalue weighted by atomic mass is 9.98. The second-order valence-electron chi connectivity index (χ2n) is 7.43. The lowest BCUT2D eigenvalue weighted by Crippen LogP contribution is -2.51. The Morgan fingerprint density at radius 3 is 2.72 bits per heavy atom. The second-order valence-corrected chi connectivity index (χ2v) is 8.34. The number of likely N-dealkylation sites (tertiary alicyclic amines) is 1. The molecule has 1 saturated heterocycles. The zero-order valence-corrected chi connectivity index (χ0v) is 16.3. The predicted octanol–water partition coefficient (Wildman–Crippen LogP) is 4.19. The van der Waals surface area contributed by atoms with Gasteiger partial charge in [0, 0.05) is 28.7 Å². The monoisotopic (exact) mass is 406 g/mol. The molecule has 0 spiro atoms. The van der Waals surface area contributed by atoms with Crippen LogP contribution in [0.3, 0.4) is 0 Å². The Morgan fingerprint density at radius 2 is 2.04 bits per heavy atom. The first-order valence-corrected chi connectivity index (χ1v) is 9.28. The molecule has 0 radical (unpaired) electrons. The molecule has 1 N–H and O–H groups in total. The zero-order valence-electron chi connectivity index (χ0n) is 14.8. The summed E-state index contributed by atoms with van der Waals surface area (Å²) in [6.07, 6.45) is 1.87. The molecule has 134 valence electrons. The summed E-state index contributed by atoms with van der Waals surface area (Å²) in [5.41, 5.74) is 0.667. The highest BCUT2D eigenvalue weighted by Crippen LogP contribution is 2.28. The lowest BCUT2D eigenvalue weighted by Gasteiger charge is -2.33. The van der Waals surface area contributed by atoms with Crippen molar-refractivity contribution < 1.29 is 9.32 Å². The summed E-state index contributed by atoms with van der Waals surface area (Å²) in [6.45, 7) is 7.30. The molecule has 0 bridgehead atoms. The van der Waals surface area contributed by atoms with Gasteiger partial charge in [-0.05, 0) is 57.9 Å². The Bertz CT molecular complexity index is 736. The van der Waals surface area contributed by atoms with E-state index in [4.69, 9.17) is 4.52 Å². The van der Waals surface area contributed by atoms with Gasteiger partial charge in [-0.2, -0.15) is 4.98 Å². The Balaban J connectivity index is 1.70. The molecule has 2 heterocycles. The number of carbonyl (C=O) groups excluding carboxylic acids is 1. The van der Waals surface area contributed by atoms with E-state index in [9.17, 15) is 4.79 Å². The molecule has 6 nitrogen and oxygen atoms in total. The molecule has 1 unspecified atom stereocenters. The highest BCUT2D eigenvalue weighted by Gasteiger charge is 2.30. The summed E-state index contributed by atoms with van der Waals surface area (Å²) in [5.74, 6) is 1.26. The normalized spacial score (nSPS) is 18.2. The van der Waals surface area contributed by atoms with Gasteiger partial charge in [0.05, 0.1) is 5.92 Å². The molecular weight excluding hydrogens is 384 g/mol. The van der Waals surface area contributed by atoms with Crippen LogP contribution in [0.5, 0.6) is 0 Å². The third-order valence-electron chi connectivity index (χ3n) is 4.08. The van der Waals surface area contributed by atoms with E-state index in [2.05, 4.69) is 31.4 Å². The Kier molecular flexibility index (Phi) is 5.13. The van der Waals surface area contributed by atoms with Crippen molar-refractivity contribution in [3.63, 3.8) is 0 Å². The number of urea groups is 1. The predicted molar refractivity (Wildman–Crippen MR) is 99.3 cm³/mol. The Hall–Kier alpha value is -1.89. The van der Waals surface area contributed by atoms with E-state index in [1.807, 2.05) is 49.9 Å². The van der Waals surface area contributed by atoms with Crippen LogP contribution in [0.4, 0.5) is 4.79 Å². The van der Waals surface area contributed by atoms with Crippen LogP contribution in [0, 0.1) is 0 Å². The van der Waals surface area contributed by atoms with Gasteiger partial charge in [-0.3, -0.25) is 0 Å². The first-order chi connectivity index (χ1) is 11.8. The fourth-order valence-corrected chi connectivity index (χ4v) is 3.14. The standard InChI is InChI=1S/C18H23BrN4O2/c1-18(2,3)21-17(24)23-10-4-5-13(11-23)16-20-15(22-25-16)12-6-8-14(19)9-7-12/h6-9,13H,4-5,10-11H2,1-3H3,(H,21,24). The molecule has 7 heteroatoms. The fourth-order valence-electron chi connectivity index (χ4n) is 2.88. The van der Waals surface area contributed by atoms with Crippen molar-refractivity contribution in [1.82, 2.24) is 20.4 Å². The van der Waals surface area contributed by atoms with Crippen molar-refractivity contribution in [3.05, 3.63) is 34.6 Å². The van der Waals surface area contributed by atoms with Gasteiger partial charge >= 0.3 is 6.03 Å². The number of piperidine rings is 1. The van der Waals surface area contributed by atoms with Gasteiger partial charge in [-0.1, -0.05) is 21.1 Å². The number of nitrogens with zero attached hydrogens (tertiary/aromatic N) is 3. The molecule has 2 aromatic rings. The highest BCUT2D eigenvalue weighted by molar-refractivity contribution is 9.10. The van der Waals surface area contributed by atoms with E-state index < -0.39 is 0 Å². The number of hydrogen-bond donors (Lipinski definition) is 1. The number of benzene rings is 1. The van der Waals surface area contributed by atoms with Crippen LogP contribution in [0.15, 0.2) is 33.3 Å². The van der Waals surface area contributed by atoms with E-state index in [0.717, 1.165) is 29.4 Å². The Labute approximate surface area is 156 Å². The molecule has 1 aromatic carbocycles. The average Bonchev–Trinajstić information content (AvgIpc) is 3.04. The number of aromatic nitrogens is 2. The molecular formula is C18H23BrN4O2. The number of carbonyl (C=O) groups is 1. The molecule has 1 fully saturated rings. The SMILES string of the molecule is CC(C)(C)NC(=O)N1CCCC(c2nc(-c3ccc(Br)cc3)no2)C1. The maximum atomic E-state index is 12.4. The lowest BCUT2D eigenvalue weighted by molar-refractivity contribution is 0.164. The summed E-state index contributed by atoms with van der Waals surface area (Å²) in [5, 5.41) is 7.11. The van der Waals surface area contributed by atoms with Crippen LogP contribution in [-0.2, 0) is 0 Å². The third kappa shape index (κ3) is 4.60. The fraction of sp³-hybridized carbons (Fsp3) is 0.500. The van der Waals surface area contributed by atoms with Crippen molar-refractivity contribution in [2.45, 2.75) is 45.1 Å². The first-order valence-electron chi connectivity index (χ1n) is 8.48. The Morgan fingerprint density at radius 1 is 1.32 bits per heavy atom. The van der Waals surface area contributed by atoms with Crippen LogP contribution < -0.4 is 5.32 Å². The third-order valence-corrected chi connectivity index (χ3v) is 4.61. The van der Waals surface area contributed by atoms with E-state index in [1.54, 1.807) is 0 Å². The molecule has 0 saturated carbocycles. The number of hydrogen-bond acceptors (Lipinski definition) is 4. The molecule has 25 heavy (non-hydrogen) atoms. The van der Waals surface area contributed by atoms with Gasteiger partial charge < -0.3 is 14.7 Å². The number of amides is 2. The van der Waals surface area contributed by atoms with Crippen molar-refractivity contribution in [1.29, 1.82) is 0 Å². The molecule has 1 aromatic heterocycles. The van der Waals surface area contributed by atoms with Crippen molar-refractivity contribution >= 4 is 22.0 Å². The topological polar surface area (TPSA) is 71.3 Å². The summed E-state index contributed by atoms with van der Waals surface area (Å²) in [7, 11) is 0. The molecule has 2 amide bonds. The van der Waals surface area contributed by atoms with Crippen LogP contribution >= 0.6 is 15.9 Å². The summed E-state index contributed by atoms with van der Waals surface area (Å²) in [6, 6.07) is 7.75. The van der Waals surface area contributed by atoms with E-state index in [-0.39, 0.29) is 17.5 Å². The van der Waals surface area contributed by atoms with Gasteiger partial charge in [0.1, 0.15) is 0 Å². The largest absolute Gasteiger partial charge is 0.339 e. The second kappa shape index (κ2) is 7.15. The molecule has 1 aliphatic rings. The van der Waals surface area contributed by atoms with E-state index >= 15 is 0 Å². The summed E-state index contributed by atoms with van der Waals surface area (Å²) in [4.78, 5) is 18.8. The maximum absolute atomic E-state index is 12.4. The molecule has 3 rings (SSSR count). The number of nitrogens with one attached hydrogen (secondary N) is 1. The smallest absolute Gasteiger partial charge is 0.317 e. The van der Waals surface area contributed by atoms with Crippen LogP contribution in [0.25, 0.3) is 11.4 Å². The van der Waals surface area contributed by atoms with Gasteiger partial charge in [0.2, 0.25) is 11.7 Å². The molecule has 0 aliphatic carbocycles. The van der Waals surface area contributed by atoms with Gasteiger partial charge in [0.15, 0.2) is 0 Å². The summed E-state index contributed by atoms with van der Waals surface area (Å²) < 4.78 is 6.49. The minimum absolute atomic E-state index is 0.0372. The molecule has 1 atom stereocenters. The van der Waals surface area contributed by atoms with Gasteiger partial charge in [-0.15, -0.1) is 0 Å². The summed E-state index contributed by atoms with van der Waals surface area (Å²) >= 11 is 3.42. The first kappa shape index (κ1) is 17.9. The minimum Gasteiger partial charge on any atom is -0.339 e. The van der Waals surface area contributed by atoms with E-state index in [1.165, 1.54) is 0 Å². The van der Waals surface area contributed by atoms with Crippen LogP contribution in [-0.4, -0.2) is 39.7 Å². The highest BCUT2D eigenvalue weighted by atomic mass is 79.9. The quantitative estimate of drug-likeness (QED) is 0.811. The van der Waals surface area contributed by atoms with Crippen molar-refractivity contribution in [2.24, 2.45) is 0 Å².